The first kappa shape index (κ1) is 11.2. The van der Waals surface area contributed by atoms with E-state index in [0.29, 0.717) is 17.5 Å². The molecular weight excluding hydrogens is 276 g/mol. The van der Waals surface area contributed by atoms with Crippen LogP contribution in [0.3, 0.4) is 0 Å². The molecule has 3 aromatic heterocycles. The average Bonchev–Trinajstić information content (AvgIpc) is 3.02. The van der Waals surface area contributed by atoms with Crippen LogP contribution in [0, 0.1) is 0 Å². The molecule has 0 unspecified atom stereocenters. The number of hydrogen-bond acceptors (Lipinski definition) is 7. The van der Waals surface area contributed by atoms with E-state index in [0.717, 1.165) is 0 Å². The smallest absolute Gasteiger partial charge is 0.182 e. The number of hydrogen-bond donors (Lipinski definition) is 3. The van der Waals surface area contributed by atoms with Crippen molar-refractivity contribution in [1.82, 2.24) is 46.2 Å². The van der Waals surface area contributed by atoms with Crippen LogP contribution in [0.1, 0.15) is 0 Å². The Labute approximate surface area is 105 Å². The molecule has 3 rings (SSSR count). The van der Waals surface area contributed by atoms with Crippen molar-refractivity contribution in [3.05, 3.63) is 18.6 Å². The van der Waals surface area contributed by atoms with E-state index in [2.05, 4.69) is 46.2 Å². The van der Waals surface area contributed by atoms with E-state index in [1.54, 1.807) is 23.5 Å². The third kappa shape index (κ3) is 2.00. The molecule has 0 aliphatic rings. The van der Waals surface area contributed by atoms with E-state index in [9.17, 15) is 0 Å². The van der Waals surface area contributed by atoms with Crippen molar-refractivity contribution in [2.75, 3.05) is 4.90 Å². The molecule has 10 nitrogen and oxygen atoms in total. The molecule has 0 aromatic carbocycles. The number of nitrogens with one attached hydrogen (secondary N) is 3. The van der Waals surface area contributed by atoms with Crippen molar-refractivity contribution in [3.8, 4) is 0 Å². The quantitative estimate of drug-likeness (QED) is 0.552. The predicted octanol–water partition coefficient (Wildman–Crippen LogP) is -0.492. The minimum Gasteiger partial charge on any atom is -0.254 e. The summed E-state index contributed by atoms with van der Waals surface area (Å²) in [5.74, 6) is 1.63. The van der Waals surface area contributed by atoms with Crippen molar-refractivity contribution in [2.45, 2.75) is 0 Å². The topological polar surface area (TPSA) is 128 Å². The molecule has 0 amide bonds. The Morgan fingerprint density at radius 2 is 1.06 bits per heavy atom. The van der Waals surface area contributed by atoms with Crippen molar-refractivity contribution >= 4 is 17.5 Å². The molecular formula is C6H6CuN10. The molecule has 1 radical (unpaired) electrons. The fourth-order valence-corrected chi connectivity index (χ4v) is 1.26. The van der Waals surface area contributed by atoms with Gasteiger partial charge in [0.1, 0.15) is 0 Å². The second kappa shape index (κ2) is 4.72. The van der Waals surface area contributed by atoms with E-state index >= 15 is 0 Å². The second-order valence-corrected chi connectivity index (χ2v) is 2.82. The van der Waals surface area contributed by atoms with Gasteiger partial charge < -0.3 is 0 Å². The van der Waals surface area contributed by atoms with Crippen molar-refractivity contribution < 1.29 is 17.1 Å². The van der Waals surface area contributed by atoms with E-state index in [1.807, 2.05) is 0 Å². The van der Waals surface area contributed by atoms with Gasteiger partial charge in [0.25, 0.3) is 0 Å². The molecule has 3 aromatic rings. The summed E-state index contributed by atoms with van der Waals surface area (Å²) in [5, 5.41) is 30.6. The van der Waals surface area contributed by atoms with Crippen molar-refractivity contribution in [1.29, 1.82) is 0 Å². The van der Waals surface area contributed by atoms with E-state index in [4.69, 9.17) is 0 Å². The van der Waals surface area contributed by atoms with Crippen molar-refractivity contribution in [3.63, 3.8) is 0 Å². The number of H-pyrrole nitrogens is 3. The van der Waals surface area contributed by atoms with Gasteiger partial charge in [-0.15, -0.1) is 15.3 Å². The third-order valence-electron chi connectivity index (χ3n) is 1.89. The monoisotopic (exact) mass is 281 g/mol. The summed E-state index contributed by atoms with van der Waals surface area (Å²) < 4.78 is 0. The molecule has 0 fully saturated rings. The molecule has 0 saturated carbocycles. The van der Waals surface area contributed by atoms with Gasteiger partial charge in [-0.3, -0.25) is 4.90 Å². The largest absolute Gasteiger partial charge is 0.254 e. The molecule has 0 atom stereocenters. The molecule has 3 N–H and O–H groups in total. The Morgan fingerprint density at radius 3 is 1.29 bits per heavy atom. The summed E-state index contributed by atoms with van der Waals surface area (Å²) in [7, 11) is 0. The standard InChI is InChI=1S/C6H6N10.Cu/c1-4(10-13-7-1)16(5-2-8-14-11-5)6-3-9-15-12-6;/h1-3H,(H,7,10,13)(H,8,11,14)(H,9,12,15);. The summed E-state index contributed by atoms with van der Waals surface area (Å²) in [6.07, 6.45) is 4.64. The number of aromatic amines is 3. The average molecular weight is 282 g/mol. The number of nitrogens with zero attached hydrogens (tertiary/aromatic N) is 7. The molecule has 3 heterocycles. The molecule has 17 heavy (non-hydrogen) atoms. The summed E-state index contributed by atoms with van der Waals surface area (Å²) >= 11 is 0. The third-order valence-corrected chi connectivity index (χ3v) is 1.89. The second-order valence-electron chi connectivity index (χ2n) is 2.82. The van der Waals surface area contributed by atoms with Gasteiger partial charge >= 0.3 is 0 Å². The van der Waals surface area contributed by atoms with Crippen LogP contribution >= 0.6 is 0 Å². The Bertz CT molecular complexity index is 446. The van der Waals surface area contributed by atoms with Crippen LogP contribution in [0.5, 0.6) is 0 Å². The zero-order chi connectivity index (χ0) is 10.8. The zero-order valence-electron chi connectivity index (χ0n) is 8.16. The fraction of sp³-hybridized carbons (Fsp3) is 0. The number of rotatable bonds is 3. The van der Waals surface area contributed by atoms with Crippen LogP contribution in [0.15, 0.2) is 18.6 Å². The van der Waals surface area contributed by atoms with Crippen molar-refractivity contribution in [2.24, 2.45) is 0 Å². The summed E-state index contributed by atoms with van der Waals surface area (Å²) in [4.78, 5) is 1.64. The normalized spacial score (nSPS) is 9.88. The van der Waals surface area contributed by atoms with Gasteiger partial charge in [-0.2, -0.15) is 30.9 Å². The van der Waals surface area contributed by atoms with Crippen LogP contribution in [0.2, 0.25) is 0 Å². The molecule has 0 aliphatic heterocycles. The summed E-state index contributed by atoms with van der Waals surface area (Å²) in [5.41, 5.74) is 0. The van der Waals surface area contributed by atoms with Crippen LogP contribution in [0.25, 0.3) is 0 Å². The van der Waals surface area contributed by atoms with Gasteiger partial charge in [0.05, 0.1) is 18.6 Å². The van der Waals surface area contributed by atoms with E-state index in [1.165, 1.54) is 0 Å². The van der Waals surface area contributed by atoms with Gasteiger partial charge in [-0.1, -0.05) is 0 Å². The molecule has 11 heteroatoms. The van der Waals surface area contributed by atoms with Gasteiger partial charge in [0, 0.05) is 17.1 Å². The first-order valence-corrected chi connectivity index (χ1v) is 4.32. The van der Waals surface area contributed by atoms with Gasteiger partial charge in [0.2, 0.25) is 0 Å². The van der Waals surface area contributed by atoms with E-state index < -0.39 is 0 Å². The Kier molecular flexibility index (Phi) is 3.12. The maximum Gasteiger partial charge on any atom is 0.182 e. The first-order chi connectivity index (χ1) is 7.95. The van der Waals surface area contributed by atoms with Crippen LogP contribution in [-0.2, 0) is 17.1 Å². The summed E-state index contributed by atoms with van der Waals surface area (Å²) in [6, 6.07) is 0. The maximum absolute atomic E-state index is 3.96. The van der Waals surface area contributed by atoms with Crippen LogP contribution in [-0.4, -0.2) is 46.2 Å². The van der Waals surface area contributed by atoms with Gasteiger partial charge in [-0.25, -0.2) is 0 Å². The van der Waals surface area contributed by atoms with Gasteiger partial charge in [-0.05, 0) is 0 Å². The van der Waals surface area contributed by atoms with Gasteiger partial charge in [0.15, 0.2) is 17.5 Å². The molecule has 91 valence electrons. The molecule has 0 spiro atoms. The van der Waals surface area contributed by atoms with Crippen LogP contribution < -0.4 is 4.90 Å². The van der Waals surface area contributed by atoms with E-state index in [-0.39, 0.29) is 17.1 Å². The SMILES string of the molecule is [Cu].c1n[nH]nc1N(c1cn[nH]n1)c1cn[nH]n1. The fourth-order valence-electron chi connectivity index (χ4n) is 1.26. The molecule has 0 saturated heterocycles. The predicted molar refractivity (Wildman–Crippen MR) is 50.9 cm³/mol. The minimum atomic E-state index is 0. The summed E-state index contributed by atoms with van der Waals surface area (Å²) in [6.45, 7) is 0. The minimum absolute atomic E-state index is 0. The molecule has 0 aliphatic carbocycles. The zero-order valence-corrected chi connectivity index (χ0v) is 9.11. The Morgan fingerprint density at radius 1 is 0.706 bits per heavy atom. The first-order valence-electron chi connectivity index (χ1n) is 4.32. The number of anilines is 3. The Hall–Kier alpha value is -2.26. The molecule has 0 bridgehead atoms. The number of aromatic nitrogens is 9. The Balaban J connectivity index is 0.00000108. The van der Waals surface area contributed by atoms with Crippen LogP contribution in [0.4, 0.5) is 17.5 Å². The maximum atomic E-state index is 3.96.